The first-order chi connectivity index (χ1) is 6.67. The molecule has 15 heavy (non-hydrogen) atoms. The second-order valence-electron chi connectivity index (χ2n) is 3.62. The van der Waals surface area contributed by atoms with Crippen molar-refractivity contribution in [2.75, 3.05) is 0 Å². The second-order valence-corrected chi connectivity index (χ2v) is 5.36. The second kappa shape index (κ2) is 4.76. The van der Waals surface area contributed by atoms with Gasteiger partial charge >= 0.3 is 0 Å². The molecule has 6 heteroatoms. The minimum Gasteiger partial charge on any atom is -0.346 e. The summed E-state index contributed by atoms with van der Waals surface area (Å²) in [6.45, 7) is 7.92. The molecule has 0 saturated carbocycles. The number of rotatable bonds is 5. The minimum absolute atomic E-state index is 0.382. The lowest BCUT2D eigenvalue weighted by Crippen LogP contribution is -2.55. The number of hydrogen-bond acceptors (Lipinski definition) is 3. The van der Waals surface area contributed by atoms with Crippen LogP contribution in [0.2, 0.25) is 0 Å². The summed E-state index contributed by atoms with van der Waals surface area (Å²) >= 11 is 0. The summed E-state index contributed by atoms with van der Waals surface area (Å²) in [6.07, 6.45) is 1.44. The quantitative estimate of drug-likeness (QED) is 0.543. The van der Waals surface area contributed by atoms with Crippen molar-refractivity contribution in [1.29, 1.82) is 0 Å². The van der Waals surface area contributed by atoms with E-state index in [0.717, 1.165) is 6.08 Å². The van der Waals surface area contributed by atoms with Crippen LogP contribution in [-0.2, 0) is 14.9 Å². The molecular weight excluding hydrogens is 218 g/mol. The molecule has 88 valence electrons. The van der Waals surface area contributed by atoms with E-state index in [1.807, 2.05) is 0 Å². The van der Waals surface area contributed by atoms with E-state index >= 15 is 0 Å². The molecule has 0 rings (SSSR count). The van der Waals surface area contributed by atoms with Gasteiger partial charge in [-0.15, -0.1) is 0 Å². The summed E-state index contributed by atoms with van der Waals surface area (Å²) in [5, 5.41) is 1.43. The van der Waals surface area contributed by atoms with E-state index in [-0.39, 0.29) is 0 Å². The highest BCUT2D eigenvalue weighted by atomic mass is 32.2. The summed E-state index contributed by atoms with van der Waals surface area (Å²) in [5.74, 6) is -0.463. The third-order valence-electron chi connectivity index (χ3n) is 2.67. The van der Waals surface area contributed by atoms with Gasteiger partial charge in [0.2, 0.25) is 5.91 Å². The summed E-state index contributed by atoms with van der Waals surface area (Å²) in [7, 11) is -4.18. The fourth-order valence-corrected chi connectivity index (χ4v) is 2.02. The Morgan fingerprint density at radius 2 is 2.13 bits per heavy atom. The molecule has 1 amide bonds. The molecular formula is C9H17NO4S. The third-order valence-corrected chi connectivity index (χ3v) is 4.09. The lowest BCUT2D eigenvalue weighted by molar-refractivity contribution is -0.118. The van der Waals surface area contributed by atoms with Gasteiger partial charge in [0.25, 0.3) is 10.1 Å². The van der Waals surface area contributed by atoms with E-state index in [1.54, 1.807) is 13.8 Å². The van der Waals surface area contributed by atoms with E-state index in [4.69, 9.17) is 4.55 Å². The highest BCUT2D eigenvalue weighted by Crippen LogP contribution is 2.20. The van der Waals surface area contributed by atoms with Gasteiger partial charge in [-0.05, 0) is 26.3 Å². The van der Waals surface area contributed by atoms with E-state index in [0.29, 0.717) is 6.42 Å². The largest absolute Gasteiger partial charge is 0.346 e. The van der Waals surface area contributed by atoms with Crippen molar-refractivity contribution in [2.24, 2.45) is 0 Å². The van der Waals surface area contributed by atoms with E-state index < -0.39 is 26.8 Å². The van der Waals surface area contributed by atoms with Crippen LogP contribution in [0.5, 0.6) is 0 Å². The van der Waals surface area contributed by atoms with Gasteiger partial charge in [0.05, 0.1) is 5.54 Å². The van der Waals surface area contributed by atoms with Crippen LogP contribution < -0.4 is 5.32 Å². The predicted molar refractivity (Wildman–Crippen MR) is 58.0 cm³/mol. The maximum Gasteiger partial charge on any atom is 0.269 e. The Bertz CT molecular complexity index is 349. The molecule has 0 saturated heterocycles. The van der Waals surface area contributed by atoms with Gasteiger partial charge in [0, 0.05) is 0 Å². The topological polar surface area (TPSA) is 83.5 Å². The first kappa shape index (κ1) is 14.1. The van der Waals surface area contributed by atoms with Crippen LogP contribution in [0.15, 0.2) is 12.7 Å². The van der Waals surface area contributed by atoms with E-state index in [2.05, 4.69) is 11.9 Å². The van der Waals surface area contributed by atoms with Gasteiger partial charge in [-0.3, -0.25) is 9.35 Å². The van der Waals surface area contributed by atoms with Crippen molar-refractivity contribution in [3.05, 3.63) is 12.7 Å². The van der Waals surface area contributed by atoms with Gasteiger partial charge < -0.3 is 5.32 Å². The van der Waals surface area contributed by atoms with Gasteiger partial charge in [0.15, 0.2) is 0 Å². The standard InChI is InChI=1S/C9H17NO4S/c1-5-8(11)10-9(4,6-2)7(3)15(12,13)14/h5,7H,1,6H2,2-4H3,(H,10,11)(H,12,13,14). The number of amides is 1. The monoisotopic (exact) mass is 235 g/mol. The first-order valence-electron chi connectivity index (χ1n) is 4.58. The first-order valence-corrected chi connectivity index (χ1v) is 6.08. The van der Waals surface area contributed by atoms with Crippen molar-refractivity contribution in [2.45, 2.75) is 38.0 Å². The van der Waals surface area contributed by atoms with Gasteiger partial charge in [-0.2, -0.15) is 8.42 Å². The molecule has 0 aromatic heterocycles. The highest BCUT2D eigenvalue weighted by molar-refractivity contribution is 7.86. The number of carbonyl (C=O) groups is 1. The zero-order valence-electron chi connectivity index (χ0n) is 9.15. The van der Waals surface area contributed by atoms with Crippen LogP contribution in [0.3, 0.4) is 0 Å². The molecule has 0 radical (unpaired) electrons. The predicted octanol–water partition coefficient (Wildman–Crippen LogP) is 0.734. The van der Waals surface area contributed by atoms with Crippen LogP contribution in [0.1, 0.15) is 27.2 Å². The Morgan fingerprint density at radius 1 is 1.67 bits per heavy atom. The molecule has 0 spiro atoms. The maximum absolute atomic E-state index is 11.1. The zero-order valence-corrected chi connectivity index (χ0v) is 9.97. The fourth-order valence-electron chi connectivity index (χ4n) is 1.14. The van der Waals surface area contributed by atoms with Crippen LogP contribution in [0.4, 0.5) is 0 Å². The van der Waals surface area contributed by atoms with Gasteiger partial charge in [-0.25, -0.2) is 0 Å². The van der Waals surface area contributed by atoms with Crippen LogP contribution in [-0.4, -0.2) is 29.7 Å². The Morgan fingerprint density at radius 3 is 2.40 bits per heavy atom. The normalized spacial score (nSPS) is 17.6. The van der Waals surface area contributed by atoms with Crippen LogP contribution in [0, 0.1) is 0 Å². The molecule has 0 aromatic rings. The zero-order chi connectivity index (χ0) is 12.3. The number of carbonyl (C=O) groups excluding carboxylic acids is 1. The van der Waals surface area contributed by atoms with Crippen molar-refractivity contribution < 1.29 is 17.8 Å². The average Bonchev–Trinajstić information content (AvgIpc) is 2.14. The Kier molecular flexibility index (Phi) is 4.48. The summed E-state index contributed by atoms with van der Waals surface area (Å²) < 4.78 is 30.9. The SMILES string of the molecule is C=CC(=O)NC(C)(CC)C(C)S(=O)(=O)O. The lowest BCUT2D eigenvalue weighted by Gasteiger charge is -2.33. The van der Waals surface area contributed by atoms with Crippen molar-refractivity contribution >= 4 is 16.0 Å². The van der Waals surface area contributed by atoms with Crippen LogP contribution in [0.25, 0.3) is 0 Å². The molecule has 5 nitrogen and oxygen atoms in total. The molecule has 0 aliphatic heterocycles. The Labute approximate surface area is 90.3 Å². The highest BCUT2D eigenvalue weighted by Gasteiger charge is 2.38. The molecule has 0 bridgehead atoms. The smallest absolute Gasteiger partial charge is 0.269 e. The molecule has 2 unspecified atom stereocenters. The summed E-state index contributed by atoms with van der Waals surface area (Å²) in [5.41, 5.74) is -1.00. The Hall–Kier alpha value is -0.880. The number of hydrogen-bond donors (Lipinski definition) is 2. The molecule has 0 aromatic carbocycles. The summed E-state index contributed by atoms with van der Waals surface area (Å²) in [4.78, 5) is 11.1. The molecule has 0 aliphatic rings. The van der Waals surface area contributed by atoms with Crippen molar-refractivity contribution in [3.8, 4) is 0 Å². The van der Waals surface area contributed by atoms with Gasteiger partial charge in [-0.1, -0.05) is 13.5 Å². The molecule has 0 aliphatic carbocycles. The van der Waals surface area contributed by atoms with Crippen molar-refractivity contribution in [1.82, 2.24) is 5.32 Å². The Balaban J connectivity index is 5.01. The number of nitrogens with one attached hydrogen (secondary N) is 1. The molecule has 2 N–H and O–H groups in total. The van der Waals surface area contributed by atoms with Crippen LogP contribution >= 0.6 is 0 Å². The minimum atomic E-state index is -4.18. The molecule has 0 fully saturated rings. The fraction of sp³-hybridized carbons (Fsp3) is 0.667. The summed E-state index contributed by atoms with van der Waals surface area (Å²) in [6, 6.07) is 0. The van der Waals surface area contributed by atoms with Crippen molar-refractivity contribution in [3.63, 3.8) is 0 Å². The lowest BCUT2D eigenvalue weighted by atomic mass is 9.95. The van der Waals surface area contributed by atoms with Gasteiger partial charge in [0.1, 0.15) is 5.25 Å². The average molecular weight is 235 g/mol. The molecule has 0 heterocycles. The van der Waals surface area contributed by atoms with E-state index in [1.165, 1.54) is 6.92 Å². The maximum atomic E-state index is 11.1. The molecule has 2 atom stereocenters. The van der Waals surface area contributed by atoms with E-state index in [9.17, 15) is 13.2 Å². The third kappa shape index (κ3) is 3.64.